The molecule has 0 saturated heterocycles. The van der Waals surface area contributed by atoms with E-state index in [0.29, 0.717) is 17.5 Å². The summed E-state index contributed by atoms with van der Waals surface area (Å²) >= 11 is 0. The molecule has 0 radical (unpaired) electrons. The van der Waals surface area contributed by atoms with Gasteiger partial charge in [0.1, 0.15) is 17.4 Å². The van der Waals surface area contributed by atoms with E-state index in [4.69, 9.17) is 5.26 Å². The van der Waals surface area contributed by atoms with Crippen molar-refractivity contribution in [2.45, 2.75) is 20.8 Å². The van der Waals surface area contributed by atoms with Crippen molar-refractivity contribution in [2.24, 2.45) is 11.8 Å². The molecule has 0 amide bonds. The van der Waals surface area contributed by atoms with Crippen molar-refractivity contribution in [3.8, 4) is 6.07 Å². The van der Waals surface area contributed by atoms with Gasteiger partial charge in [-0.25, -0.2) is 4.39 Å². The van der Waals surface area contributed by atoms with Crippen molar-refractivity contribution < 1.29 is 4.39 Å². The number of rotatable bonds is 4. The molecule has 0 heterocycles. The molecule has 0 fully saturated rings. The molecule has 16 heavy (non-hydrogen) atoms. The quantitative estimate of drug-likeness (QED) is 0.844. The zero-order valence-electron chi connectivity index (χ0n) is 9.92. The summed E-state index contributed by atoms with van der Waals surface area (Å²) < 4.78 is 13.3. The van der Waals surface area contributed by atoms with Crippen molar-refractivity contribution in [3.63, 3.8) is 0 Å². The lowest BCUT2D eigenvalue weighted by molar-refractivity contribution is 0.439. The summed E-state index contributed by atoms with van der Waals surface area (Å²) in [4.78, 5) is 0. The lowest BCUT2D eigenvalue weighted by atomic mass is 9.98. The van der Waals surface area contributed by atoms with Gasteiger partial charge in [0.05, 0.1) is 5.69 Å². The Balaban J connectivity index is 2.75. The Hall–Kier alpha value is -1.56. The van der Waals surface area contributed by atoms with E-state index in [2.05, 4.69) is 26.1 Å². The minimum atomic E-state index is -0.468. The summed E-state index contributed by atoms with van der Waals surface area (Å²) in [7, 11) is 0. The standard InChI is InChI=1S/C13H17FN2/c1-9(2)10(3)8-16-13-6-4-5-12(14)11(13)7-15/h4-6,9-10,16H,8H2,1-3H3. The van der Waals surface area contributed by atoms with Gasteiger partial charge in [-0.05, 0) is 24.0 Å². The fraction of sp³-hybridized carbons (Fsp3) is 0.462. The van der Waals surface area contributed by atoms with E-state index in [0.717, 1.165) is 6.54 Å². The van der Waals surface area contributed by atoms with E-state index >= 15 is 0 Å². The molecule has 1 N–H and O–H groups in total. The monoisotopic (exact) mass is 220 g/mol. The highest BCUT2D eigenvalue weighted by atomic mass is 19.1. The fourth-order valence-electron chi connectivity index (χ4n) is 1.29. The van der Waals surface area contributed by atoms with E-state index in [9.17, 15) is 4.39 Å². The lowest BCUT2D eigenvalue weighted by Crippen LogP contribution is -2.16. The van der Waals surface area contributed by atoms with Crippen LogP contribution < -0.4 is 5.32 Å². The summed E-state index contributed by atoms with van der Waals surface area (Å²) in [5.74, 6) is 0.575. The molecule has 1 aromatic carbocycles. The zero-order chi connectivity index (χ0) is 12.1. The van der Waals surface area contributed by atoms with Crippen LogP contribution in [0.3, 0.4) is 0 Å². The second-order valence-electron chi connectivity index (χ2n) is 4.38. The SMILES string of the molecule is CC(C)C(C)CNc1cccc(F)c1C#N. The Bertz CT molecular complexity index is 393. The first-order valence-corrected chi connectivity index (χ1v) is 5.48. The van der Waals surface area contributed by atoms with Gasteiger partial charge in [-0.15, -0.1) is 0 Å². The van der Waals surface area contributed by atoms with Gasteiger partial charge in [0.2, 0.25) is 0 Å². The molecule has 0 aliphatic carbocycles. The second-order valence-corrected chi connectivity index (χ2v) is 4.38. The number of nitriles is 1. The highest BCUT2D eigenvalue weighted by molar-refractivity contribution is 5.57. The number of nitrogens with zero attached hydrogens (tertiary/aromatic N) is 1. The molecule has 0 spiro atoms. The highest BCUT2D eigenvalue weighted by Crippen LogP contribution is 2.19. The predicted octanol–water partition coefficient (Wildman–Crippen LogP) is 3.40. The van der Waals surface area contributed by atoms with Crippen LogP contribution in [-0.2, 0) is 0 Å². The zero-order valence-corrected chi connectivity index (χ0v) is 9.92. The van der Waals surface area contributed by atoms with E-state index in [1.165, 1.54) is 6.07 Å². The van der Waals surface area contributed by atoms with Crippen LogP contribution in [0.4, 0.5) is 10.1 Å². The number of hydrogen-bond acceptors (Lipinski definition) is 2. The van der Waals surface area contributed by atoms with Crippen LogP contribution in [0.1, 0.15) is 26.3 Å². The highest BCUT2D eigenvalue weighted by Gasteiger charge is 2.10. The van der Waals surface area contributed by atoms with Crippen molar-refractivity contribution in [2.75, 3.05) is 11.9 Å². The molecule has 1 rings (SSSR count). The predicted molar refractivity (Wildman–Crippen MR) is 63.6 cm³/mol. The van der Waals surface area contributed by atoms with Crippen molar-refractivity contribution >= 4 is 5.69 Å². The summed E-state index contributed by atoms with van der Waals surface area (Å²) in [6.07, 6.45) is 0. The molecule has 0 aliphatic heterocycles. The van der Waals surface area contributed by atoms with Crippen LogP contribution in [0.5, 0.6) is 0 Å². The molecule has 2 nitrogen and oxygen atoms in total. The Morgan fingerprint density at radius 3 is 2.62 bits per heavy atom. The third kappa shape index (κ3) is 2.96. The van der Waals surface area contributed by atoms with Gasteiger partial charge in [0.25, 0.3) is 0 Å². The molecule has 1 atom stereocenters. The maximum atomic E-state index is 13.3. The van der Waals surface area contributed by atoms with Gasteiger partial charge < -0.3 is 5.32 Å². The number of nitrogens with one attached hydrogen (secondary N) is 1. The third-order valence-corrected chi connectivity index (χ3v) is 2.88. The summed E-state index contributed by atoms with van der Waals surface area (Å²) in [5.41, 5.74) is 0.674. The first-order chi connectivity index (χ1) is 7.56. The number of anilines is 1. The molecule has 0 saturated carbocycles. The van der Waals surface area contributed by atoms with Crippen molar-refractivity contribution in [3.05, 3.63) is 29.6 Å². The molecule has 86 valence electrons. The summed E-state index contributed by atoms with van der Waals surface area (Å²) in [6, 6.07) is 6.52. The van der Waals surface area contributed by atoms with Gasteiger partial charge in [-0.3, -0.25) is 0 Å². The molecular weight excluding hydrogens is 203 g/mol. The van der Waals surface area contributed by atoms with Gasteiger partial charge in [-0.1, -0.05) is 26.8 Å². The minimum Gasteiger partial charge on any atom is -0.384 e. The largest absolute Gasteiger partial charge is 0.384 e. The first-order valence-electron chi connectivity index (χ1n) is 5.48. The van der Waals surface area contributed by atoms with Crippen LogP contribution in [0, 0.1) is 29.0 Å². The van der Waals surface area contributed by atoms with Crippen LogP contribution in [0.15, 0.2) is 18.2 Å². The summed E-state index contributed by atoms with van der Waals surface area (Å²) in [5, 5.41) is 12.0. The minimum absolute atomic E-state index is 0.0958. The Morgan fingerprint density at radius 1 is 1.38 bits per heavy atom. The number of hydrogen-bond donors (Lipinski definition) is 1. The van der Waals surface area contributed by atoms with Crippen LogP contribution in [-0.4, -0.2) is 6.54 Å². The molecule has 1 aromatic rings. The molecule has 1 unspecified atom stereocenters. The molecule has 0 aliphatic rings. The smallest absolute Gasteiger partial charge is 0.143 e. The Labute approximate surface area is 96.1 Å². The van der Waals surface area contributed by atoms with Gasteiger partial charge in [0, 0.05) is 6.54 Å². The molecule has 0 aromatic heterocycles. The summed E-state index contributed by atoms with van der Waals surface area (Å²) in [6.45, 7) is 7.16. The van der Waals surface area contributed by atoms with Crippen molar-refractivity contribution in [1.82, 2.24) is 0 Å². The van der Waals surface area contributed by atoms with E-state index < -0.39 is 5.82 Å². The molecule has 0 bridgehead atoms. The van der Waals surface area contributed by atoms with Gasteiger partial charge in [0.15, 0.2) is 0 Å². The average molecular weight is 220 g/mol. The number of halogens is 1. The topological polar surface area (TPSA) is 35.8 Å². The Kier molecular flexibility index (Phi) is 4.30. The molecule has 3 heteroatoms. The maximum absolute atomic E-state index is 13.3. The van der Waals surface area contributed by atoms with Crippen LogP contribution in [0.25, 0.3) is 0 Å². The van der Waals surface area contributed by atoms with E-state index in [1.807, 2.05) is 6.07 Å². The third-order valence-electron chi connectivity index (χ3n) is 2.88. The van der Waals surface area contributed by atoms with E-state index in [-0.39, 0.29) is 5.56 Å². The normalized spacial score (nSPS) is 12.2. The maximum Gasteiger partial charge on any atom is 0.143 e. The Morgan fingerprint density at radius 2 is 2.06 bits per heavy atom. The van der Waals surface area contributed by atoms with Gasteiger partial charge in [-0.2, -0.15) is 5.26 Å². The number of benzene rings is 1. The van der Waals surface area contributed by atoms with Crippen LogP contribution >= 0.6 is 0 Å². The van der Waals surface area contributed by atoms with E-state index in [1.54, 1.807) is 12.1 Å². The van der Waals surface area contributed by atoms with Crippen LogP contribution in [0.2, 0.25) is 0 Å². The second kappa shape index (κ2) is 5.50. The fourth-order valence-corrected chi connectivity index (χ4v) is 1.29. The average Bonchev–Trinajstić information content (AvgIpc) is 2.25. The van der Waals surface area contributed by atoms with Crippen molar-refractivity contribution in [1.29, 1.82) is 5.26 Å². The lowest BCUT2D eigenvalue weighted by Gasteiger charge is -2.17. The first kappa shape index (κ1) is 12.5. The van der Waals surface area contributed by atoms with Gasteiger partial charge >= 0.3 is 0 Å². The molecular formula is C13H17FN2.